The topological polar surface area (TPSA) is 49.9 Å². The van der Waals surface area contributed by atoms with Crippen molar-refractivity contribution >= 4 is 11.6 Å². The van der Waals surface area contributed by atoms with Crippen LogP contribution >= 0.6 is 11.6 Å². The summed E-state index contributed by atoms with van der Waals surface area (Å²) in [5, 5.41) is 4.00. The summed E-state index contributed by atoms with van der Waals surface area (Å²) in [6.07, 6.45) is 4.27. The molecular weight excluding hydrogens is 250 g/mol. The van der Waals surface area contributed by atoms with Gasteiger partial charge in [-0.1, -0.05) is 24.9 Å². The summed E-state index contributed by atoms with van der Waals surface area (Å²) in [4.78, 5) is 7.62. The van der Waals surface area contributed by atoms with E-state index in [1.165, 1.54) is 6.42 Å². The van der Waals surface area contributed by atoms with Crippen LogP contribution in [0.3, 0.4) is 0 Å². The summed E-state index contributed by atoms with van der Waals surface area (Å²) in [6, 6.07) is 0.406. The van der Waals surface area contributed by atoms with Crippen LogP contribution in [0.15, 0.2) is 0 Å². The lowest BCUT2D eigenvalue weighted by atomic mass is 10.2. The molecule has 0 fully saturated rings. The van der Waals surface area contributed by atoms with Crippen LogP contribution in [0.1, 0.15) is 44.6 Å². The van der Waals surface area contributed by atoms with Gasteiger partial charge in [0.2, 0.25) is 0 Å². The van der Waals surface area contributed by atoms with E-state index in [0.29, 0.717) is 11.2 Å². The average Bonchev–Trinajstić information content (AvgIpc) is 2.72. The number of methoxy groups -OCH3 is 1. The molecule has 0 saturated heterocycles. The normalized spacial score (nSPS) is 12.9. The number of ether oxygens (including phenoxy) is 1. The SMILES string of the molecule is CCCCc1nc(Cl)c(CNC(C)CCOC)[nH]1. The van der Waals surface area contributed by atoms with Crippen LogP contribution in [0.2, 0.25) is 5.15 Å². The second-order valence-corrected chi connectivity index (χ2v) is 4.98. The molecule has 0 aromatic carbocycles. The minimum absolute atomic E-state index is 0.406. The third-order valence-corrected chi connectivity index (χ3v) is 3.24. The molecule has 0 bridgehead atoms. The number of aromatic amines is 1. The Morgan fingerprint density at radius 1 is 1.50 bits per heavy atom. The summed E-state index contributed by atoms with van der Waals surface area (Å²) >= 11 is 6.10. The molecule has 2 N–H and O–H groups in total. The fourth-order valence-electron chi connectivity index (χ4n) is 1.69. The van der Waals surface area contributed by atoms with Crippen LogP contribution in [0.25, 0.3) is 0 Å². The number of halogens is 1. The standard InChI is InChI=1S/C13H24ClN3O/c1-4-5-6-12-16-11(13(14)17-12)9-15-10(2)7-8-18-3/h10,15H,4-9H2,1-3H3,(H,16,17). The van der Waals surface area contributed by atoms with Crippen molar-refractivity contribution in [3.8, 4) is 0 Å². The number of H-pyrrole nitrogens is 1. The molecule has 0 aliphatic heterocycles. The van der Waals surface area contributed by atoms with E-state index in [0.717, 1.165) is 43.9 Å². The van der Waals surface area contributed by atoms with Crippen molar-refractivity contribution in [2.24, 2.45) is 0 Å². The van der Waals surface area contributed by atoms with E-state index >= 15 is 0 Å². The molecule has 1 unspecified atom stereocenters. The predicted octanol–water partition coefficient (Wildman–Crippen LogP) is 2.92. The van der Waals surface area contributed by atoms with Gasteiger partial charge in [-0.15, -0.1) is 0 Å². The molecule has 1 heterocycles. The second-order valence-electron chi connectivity index (χ2n) is 4.62. The lowest BCUT2D eigenvalue weighted by molar-refractivity contribution is 0.184. The van der Waals surface area contributed by atoms with Gasteiger partial charge in [-0.05, 0) is 19.8 Å². The first-order valence-corrected chi connectivity index (χ1v) is 7.00. The third kappa shape index (κ3) is 5.38. The van der Waals surface area contributed by atoms with Crippen LogP contribution in [0.5, 0.6) is 0 Å². The first kappa shape index (κ1) is 15.5. The zero-order valence-corrected chi connectivity index (χ0v) is 12.3. The van der Waals surface area contributed by atoms with E-state index < -0.39 is 0 Å². The highest BCUT2D eigenvalue weighted by Gasteiger charge is 2.09. The Morgan fingerprint density at radius 2 is 2.28 bits per heavy atom. The number of aromatic nitrogens is 2. The second kappa shape index (κ2) is 8.51. The first-order valence-electron chi connectivity index (χ1n) is 6.63. The van der Waals surface area contributed by atoms with Crippen molar-refractivity contribution in [2.45, 2.75) is 52.1 Å². The van der Waals surface area contributed by atoms with E-state index in [2.05, 4.69) is 29.1 Å². The van der Waals surface area contributed by atoms with Crippen LogP contribution in [-0.2, 0) is 17.7 Å². The molecule has 18 heavy (non-hydrogen) atoms. The molecule has 0 spiro atoms. The monoisotopic (exact) mass is 273 g/mol. The van der Waals surface area contributed by atoms with Crippen molar-refractivity contribution in [2.75, 3.05) is 13.7 Å². The van der Waals surface area contributed by atoms with E-state index in [-0.39, 0.29) is 0 Å². The quantitative estimate of drug-likeness (QED) is 0.727. The molecule has 0 radical (unpaired) electrons. The predicted molar refractivity (Wildman–Crippen MR) is 75.0 cm³/mol. The Labute approximate surface area is 114 Å². The fraction of sp³-hybridized carbons (Fsp3) is 0.769. The number of nitrogens with zero attached hydrogens (tertiary/aromatic N) is 1. The number of nitrogens with one attached hydrogen (secondary N) is 2. The Kier molecular flexibility index (Phi) is 7.32. The van der Waals surface area contributed by atoms with E-state index in [1.807, 2.05) is 0 Å². The summed E-state index contributed by atoms with van der Waals surface area (Å²) in [6.45, 7) is 5.81. The highest BCUT2D eigenvalue weighted by Crippen LogP contribution is 2.14. The Hall–Kier alpha value is -0.580. The van der Waals surface area contributed by atoms with Crippen LogP contribution in [0, 0.1) is 0 Å². The van der Waals surface area contributed by atoms with E-state index in [4.69, 9.17) is 16.3 Å². The number of imidazole rings is 1. The highest BCUT2D eigenvalue weighted by molar-refractivity contribution is 6.30. The van der Waals surface area contributed by atoms with Gasteiger partial charge in [-0.2, -0.15) is 0 Å². The number of unbranched alkanes of at least 4 members (excludes halogenated alkanes) is 1. The first-order chi connectivity index (χ1) is 8.67. The molecule has 4 nitrogen and oxygen atoms in total. The van der Waals surface area contributed by atoms with Gasteiger partial charge in [0.15, 0.2) is 5.15 Å². The van der Waals surface area contributed by atoms with Gasteiger partial charge in [-0.25, -0.2) is 4.98 Å². The lowest BCUT2D eigenvalue weighted by Gasteiger charge is -2.12. The molecule has 1 aromatic heterocycles. The highest BCUT2D eigenvalue weighted by atomic mass is 35.5. The van der Waals surface area contributed by atoms with Crippen molar-refractivity contribution in [1.29, 1.82) is 0 Å². The zero-order chi connectivity index (χ0) is 13.4. The van der Waals surface area contributed by atoms with Crippen LogP contribution in [0.4, 0.5) is 0 Å². The van der Waals surface area contributed by atoms with Gasteiger partial charge in [0.1, 0.15) is 5.82 Å². The van der Waals surface area contributed by atoms with Gasteiger partial charge in [-0.3, -0.25) is 0 Å². The van der Waals surface area contributed by atoms with Gasteiger partial charge in [0.25, 0.3) is 0 Å². The minimum atomic E-state index is 0.406. The van der Waals surface area contributed by atoms with Gasteiger partial charge >= 0.3 is 0 Å². The molecule has 1 rings (SSSR count). The van der Waals surface area contributed by atoms with Crippen molar-refractivity contribution < 1.29 is 4.74 Å². The van der Waals surface area contributed by atoms with E-state index in [9.17, 15) is 0 Å². The third-order valence-electron chi connectivity index (χ3n) is 2.93. The zero-order valence-electron chi connectivity index (χ0n) is 11.6. The largest absolute Gasteiger partial charge is 0.385 e. The van der Waals surface area contributed by atoms with Crippen molar-refractivity contribution in [1.82, 2.24) is 15.3 Å². The van der Waals surface area contributed by atoms with Gasteiger partial charge in [0, 0.05) is 32.7 Å². The van der Waals surface area contributed by atoms with Crippen molar-refractivity contribution in [3.63, 3.8) is 0 Å². The minimum Gasteiger partial charge on any atom is -0.385 e. The molecule has 0 saturated carbocycles. The summed E-state index contributed by atoms with van der Waals surface area (Å²) in [5.74, 6) is 0.989. The van der Waals surface area contributed by atoms with Crippen LogP contribution in [-0.4, -0.2) is 29.7 Å². The Balaban J connectivity index is 2.39. The van der Waals surface area contributed by atoms with Gasteiger partial charge < -0.3 is 15.0 Å². The maximum Gasteiger partial charge on any atom is 0.151 e. The molecular formula is C13H24ClN3O. The number of rotatable bonds is 9. The number of hydrogen-bond donors (Lipinski definition) is 2. The lowest BCUT2D eigenvalue weighted by Crippen LogP contribution is -2.26. The average molecular weight is 274 g/mol. The van der Waals surface area contributed by atoms with Gasteiger partial charge in [0.05, 0.1) is 5.69 Å². The van der Waals surface area contributed by atoms with Crippen LogP contribution < -0.4 is 5.32 Å². The molecule has 5 heteroatoms. The molecule has 104 valence electrons. The molecule has 1 atom stereocenters. The van der Waals surface area contributed by atoms with Crippen molar-refractivity contribution in [3.05, 3.63) is 16.7 Å². The molecule has 1 aromatic rings. The Bertz CT molecular complexity index is 341. The summed E-state index contributed by atoms with van der Waals surface area (Å²) < 4.78 is 5.05. The van der Waals surface area contributed by atoms with E-state index in [1.54, 1.807) is 7.11 Å². The number of aryl methyl sites for hydroxylation is 1. The summed E-state index contributed by atoms with van der Waals surface area (Å²) in [7, 11) is 1.72. The molecule has 0 aliphatic carbocycles. The fourth-order valence-corrected chi connectivity index (χ4v) is 1.91. The molecule has 0 aliphatic rings. The Morgan fingerprint density at radius 3 is 2.94 bits per heavy atom. The maximum atomic E-state index is 6.10. The maximum absolute atomic E-state index is 6.10. The summed E-state index contributed by atoms with van der Waals surface area (Å²) in [5.41, 5.74) is 0.979. The smallest absolute Gasteiger partial charge is 0.151 e. The number of hydrogen-bond acceptors (Lipinski definition) is 3. The molecule has 0 amide bonds.